The molecule has 0 aromatic rings. The van der Waals surface area contributed by atoms with Crippen LogP contribution >= 0.6 is 0 Å². The fourth-order valence-electron chi connectivity index (χ4n) is 0. The third-order valence-electron chi connectivity index (χ3n) is 0. The van der Waals surface area contributed by atoms with Crippen LogP contribution in [0.2, 0.25) is 0 Å². The molecule has 4 heavy (non-hydrogen) atoms. The second-order valence-corrected chi connectivity index (χ2v) is 0. The molecule has 0 saturated carbocycles. The van der Waals surface area contributed by atoms with Crippen LogP contribution in [-0.4, -0.2) is 60.6 Å². The van der Waals surface area contributed by atoms with Crippen molar-refractivity contribution in [3.63, 3.8) is 0 Å². The van der Waals surface area contributed by atoms with Crippen molar-refractivity contribution >= 4 is 55.1 Å². The van der Waals surface area contributed by atoms with E-state index < -0.39 is 0 Å². The maximum Gasteiger partial charge on any atom is 0 e. The van der Waals surface area contributed by atoms with Gasteiger partial charge in [0, 0.05) is 32.7 Å². The van der Waals surface area contributed by atoms with Crippen LogP contribution in [-0.2, 0) is 32.7 Å². The Balaban J connectivity index is 0. The van der Waals surface area contributed by atoms with Crippen LogP contribution in [0.25, 0.3) is 0 Å². The summed E-state index contributed by atoms with van der Waals surface area (Å²) in [6.45, 7) is 0. The second kappa shape index (κ2) is 16.9. The molecular weight excluding hydrogens is 172 g/mol. The van der Waals surface area contributed by atoms with Crippen molar-refractivity contribution in [3.05, 3.63) is 0 Å². The summed E-state index contributed by atoms with van der Waals surface area (Å²) in [4.78, 5) is 0. The first-order valence-corrected chi connectivity index (χ1v) is 0. The van der Waals surface area contributed by atoms with Gasteiger partial charge in [-0.2, -0.15) is 0 Å². The number of hydrogen-bond acceptors (Lipinski definition) is 1. The maximum atomic E-state index is 0. The summed E-state index contributed by atoms with van der Waals surface area (Å²) in [5.41, 5.74) is 0. The zero-order valence-electron chi connectivity index (χ0n) is 2.02. The monoisotopic (exact) mass is 177 g/mol. The molecule has 0 saturated heterocycles. The summed E-state index contributed by atoms with van der Waals surface area (Å²) in [6, 6.07) is 0. The minimum Gasteiger partial charge on any atom is -0.870 e. The Bertz CT molecular complexity index is 8.00. The summed E-state index contributed by atoms with van der Waals surface area (Å²) in [7, 11) is 0. The van der Waals surface area contributed by atoms with Crippen LogP contribution in [0.4, 0.5) is 0 Å². The van der Waals surface area contributed by atoms with Gasteiger partial charge in [-0.05, 0) is 0 Å². The number of hydrogen-bond donors (Lipinski definition) is 0. The van der Waals surface area contributed by atoms with Gasteiger partial charge in [0.15, 0.2) is 17.4 Å². The van der Waals surface area contributed by atoms with E-state index in [0.717, 1.165) is 0 Å². The molecule has 0 heterocycles. The Labute approximate surface area is 91.2 Å². The molecule has 0 fully saturated rings. The van der Waals surface area contributed by atoms with Crippen molar-refractivity contribution in [3.8, 4) is 0 Å². The van der Waals surface area contributed by atoms with Crippen molar-refractivity contribution in [2.75, 3.05) is 0 Å². The molecule has 0 spiro atoms. The van der Waals surface area contributed by atoms with E-state index in [0.29, 0.717) is 0 Å². The van der Waals surface area contributed by atoms with E-state index >= 15 is 0 Å². The fourth-order valence-corrected chi connectivity index (χ4v) is 0. The van der Waals surface area contributed by atoms with Crippen LogP contribution < -0.4 is 0 Å². The second-order valence-electron chi connectivity index (χ2n) is 0. The van der Waals surface area contributed by atoms with Crippen LogP contribution in [0.1, 0.15) is 0 Å². The largest absolute Gasteiger partial charge is 0.870 e. The first-order chi connectivity index (χ1) is 0. The average Bonchev–Trinajstić information content (AvgIpc) is 0. The van der Waals surface area contributed by atoms with Gasteiger partial charge in [-0.15, -0.1) is 0 Å². The molecule has 0 bridgehead atoms. The zero-order valence-corrected chi connectivity index (χ0v) is 7.99. The van der Waals surface area contributed by atoms with Crippen molar-refractivity contribution in [1.82, 2.24) is 0 Å². The van der Waals surface area contributed by atoms with E-state index in [1.54, 1.807) is 0 Å². The van der Waals surface area contributed by atoms with E-state index in [-0.39, 0.29) is 93.3 Å². The topological polar surface area (TPSA) is 30.0 Å². The van der Waals surface area contributed by atoms with Gasteiger partial charge in [-0.1, -0.05) is 0 Å². The van der Waals surface area contributed by atoms with Crippen LogP contribution in [0.15, 0.2) is 0 Å². The molecule has 0 unspecified atom stereocenters. The minimum absolute atomic E-state index is 0. The average molecular weight is 177 g/mol. The van der Waals surface area contributed by atoms with Gasteiger partial charge in [-0.3, -0.25) is 0 Å². The van der Waals surface area contributed by atoms with Gasteiger partial charge in [0.2, 0.25) is 0 Å². The minimum atomic E-state index is 0. The molecule has 0 aromatic carbocycles. The molecule has 4 heteroatoms. The molecule has 1 N–H and O–H groups in total. The molecule has 0 rings (SSSR count). The normalized spacial score (nSPS) is 0. The summed E-state index contributed by atoms with van der Waals surface area (Å²) in [5.74, 6) is 0. The van der Waals surface area contributed by atoms with Gasteiger partial charge in [0.05, 0.1) is 0 Å². The summed E-state index contributed by atoms with van der Waals surface area (Å²) < 4.78 is 0. The Morgan fingerprint density at radius 2 is 1.00 bits per heavy atom. The fraction of sp³-hybridized carbons (Fsp3) is 0. The van der Waals surface area contributed by atoms with E-state index in [1.165, 1.54) is 0 Å². The Hall–Kier alpha value is 2.86. The van der Waals surface area contributed by atoms with Gasteiger partial charge < -0.3 is 5.48 Å². The molecule has 0 atom stereocenters. The van der Waals surface area contributed by atoms with Crippen LogP contribution in [0.3, 0.4) is 0 Å². The molecule has 0 aliphatic heterocycles. The predicted molar refractivity (Wildman–Crippen MR) is 19.0 cm³/mol. The van der Waals surface area contributed by atoms with Crippen molar-refractivity contribution < 1.29 is 38.2 Å². The maximum absolute atomic E-state index is 0. The molecule has 19 valence electrons. The smallest absolute Gasteiger partial charge is 0 e. The first kappa shape index (κ1) is 28.8. The van der Waals surface area contributed by atoms with Gasteiger partial charge in [-0.25, -0.2) is 0 Å². The van der Waals surface area contributed by atoms with Crippen LogP contribution in [0, 0.1) is 0 Å². The third kappa shape index (κ3) is 8.85. The number of rotatable bonds is 0. The van der Waals surface area contributed by atoms with Crippen molar-refractivity contribution in [1.29, 1.82) is 0 Å². The molecule has 0 aliphatic rings. The molecule has 0 aliphatic carbocycles. The molecular formula is H5AlCaOY. The van der Waals surface area contributed by atoms with E-state index in [4.69, 9.17) is 0 Å². The molecule has 0 amide bonds. The van der Waals surface area contributed by atoms with E-state index in [2.05, 4.69) is 0 Å². The summed E-state index contributed by atoms with van der Waals surface area (Å²) in [6.07, 6.45) is 0. The molecule has 1 radical (unpaired) electrons. The quantitative estimate of drug-likeness (QED) is 0.393. The summed E-state index contributed by atoms with van der Waals surface area (Å²) in [5, 5.41) is 0. The van der Waals surface area contributed by atoms with Gasteiger partial charge >= 0.3 is 37.7 Å². The first-order valence-electron chi connectivity index (χ1n) is 0. The third-order valence-corrected chi connectivity index (χ3v) is 0. The standard InChI is InChI=1S/Al.Ca.H2O.Y.4H/h;;1H2;;;;;/q;+1;;;;;;/p-1. The molecule has 1 nitrogen and oxygen atoms in total. The van der Waals surface area contributed by atoms with E-state index in [1.807, 2.05) is 0 Å². The van der Waals surface area contributed by atoms with Gasteiger partial charge in [0.1, 0.15) is 0 Å². The van der Waals surface area contributed by atoms with Gasteiger partial charge in [0.25, 0.3) is 0 Å². The van der Waals surface area contributed by atoms with Crippen molar-refractivity contribution in [2.45, 2.75) is 0 Å². The predicted octanol–water partition coefficient (Wildman–Crippen LogP) is -2.01. The Morgan fingerprint density at radius 3 is 1.00 bits per heavy atom. The zero-order chi connectivity index (χ0) is 0. The van der Waals surface area contributed by atoms with Crippen molar-refractivity contribution in [2.24, 2.45) is 0 Å². The van der Waals surface area contributed by atoms with E-state index in [9.17, 15) is 0 Å². The summed E-state index contributed by atoms with van der Waals surface area (Å²) >= 11 is 0. The van der Waals surface area contributed by atoms with Crippen LogP contribution in [0.5, 0.6) is 0 Å². The Morgan fingerprint density at radius 1 is 1.00 bits per heavy atom. The SMILES string of the molecule is [AlH3].[CaH+].[OH-].[Y]. The Kier molecular flexibility index (Phi) is 122. The molecule has 0 aromatic heterocycles.